The van der Waals surface area contributed by atoms with Crippen molar-refractivity contribution in [2.75, 3.05) is 6.67 Å². The Morgan fingerprint density at radius 3 is 2.42 bits per heavy atom. The zero-order valence-corrected chi connectivity index (χ0v) is 14.3. The molecule has 2 rings (SSSR count). The minimum Gasteiger partial charge on any atom is -0.433 e. The molecule has 0 aromatic heterocycles. The molecular weight excluding hydrogens is 313 g/mol. The summed E-state index contributed by atoms with van der Waals surface area (Å²) in [6.45, 7) is 1.59. The maximum atomic E-state index is 14.0. The first-order chi connectivity index (χ1) is 11.5. The summed E-state index contributed by atoms with van der Waals surface area (Å²) in [5.74, 6) is 1.03. The van der Waals surface area contributed by atoms with Crippen molar-refractivity contribution >= 4 is 0 Å². The summed E-state index contributed by atoms with van der Waals surface area (Å²) < 4.78 is 44.9. The lowest BCUT2D eigenvalue weighted by Crippen LogP contribution is -2.26. The molecule has 4 heteroatoms. The van der Waals surface area contributed by atoms with Crippen LogP contribution in [-0.2, 0) is 0 Å². The average molecular weight is 340 g/mol. The van der Waals surface area contributed by atoms with Crippen molar-refractivity contribution in [1.29, 1.82) is 0 Å². The van der Waals surface area contributed by atoms with Crippen molar-refractivity contribution in [3.63, 3.8) is 0 Å². The maximum Gasteiger partial charge on any atom is 0.397 e. The van der Waals surface area contributed by atoms with Gasteiger partial charge in [0.25, 0.3) is 0 Å². The van der Waals surface area contributed by atoms with E-state index < -0.39 is 6.11 Å². The Bertz CT molecular complexity index is 502. The molecule has 0 unspecified atom stereocenters. The molecule has 1 aromatic carbocycles. The van der Waals surface area contributed by atoms with Crippen LogP contribution in [-0.4, -0.2) is 12.8 Å². The number of allylic oxidation sites excluding steroid dienone is 2. The number of halogens is 3. The lowest BCUT2D eigenvalue weighted by molar-refractivity contribution is -0.183. The van der Waals surface area contributed by atoms with E-state index in [1.807, 2.05) is 13.0 Å². The summed E-state index contributed by atoms with van der Waals surface area (Å²) >= 11 is 0. The standard InChI is InChI=1S/C20H27F3O/c1-16-5-11-19(12-6-16)24-20(22,23)14-13-18-9-7-17(8-10-18)4-2-3-15-21/h2,4-6,11-12,17-18H,3,7-10,13-15H2,1H3. The van der Waals surface area contributed by atoms with Gasteiger partial charge in [0.1, 0.15) is 5.75 Å². The molecule has 0 atom stereocenters. The summed E-state index contributed by atoms with van der Waals surface area (Å²) in [6.07, 6.45) is 5.54. The molecule has 1 nitrogen and oxygen atoms in total. The van der Waals surface area contributed by atoms with E-state index in [4.69, 9.17) is 4.74 Å². The van der Waals surface area contributed by atoms with Crippen LogP contribution in [0, 0.1) is 18.8 Å². The summed E-state index contributed by atoms with van der Waals surface area (Å²) in [4.78, 5) is 0. The molecule has 1 saturated carbocycles. The van der Waals surface area contributed by atoms with E-state index in [9.17, 15) is 13.2 Å². The minimum atomic E-state index is -3.12. The van der Waals surface area contributed by atoms with E-state index in [1.165, 1.54) is 0 Å². The molecule has 0 radical (unpaired) electrons. The van der Waals surface area contributed by atoms with Crippen molar-refractivity contribution in [1.82, 2.24) is 0 Å². The van der Waals surface area contributed by atoms with Crippen LogP contribution in [0.5, 0.6) is 5.75 Å². The quantitative estimate of drug-likeness (QED) is 0.493. The van der Waals surface area contributed by atoms with Gasteiger partial charge in [-0.05, 0) is 69.4 Å². The predicted octanol–water partition coefficient (Wildman–Crippen LogP) is 6.47. The molecule has 1 aliphatic rings. The third-order valence-electron chi connectivity index (χ3n) is 4.71. The number of alkyl halides is 3. The second-order valence-corrected chi connectivity index (χ2v) is 6.78. The van der Waals surface area contributed by atoms with Crippen molar-refractivity contribution in [2.24, 2.45) is 11.8 Å². The first-order valence-corrected chi connectivity index (χ1v) is 8.84. The normalized spacial score (nSPS) is 22.0. The molecule has 0 aliphatic heterocycles. The highest BCUT2D eigenvalue weighted by Crippen LogP contribution is 2.35. The zero-order valence-electron chi connectivity index (χ0n) is 14.3. The number of hydrogen-bond donors (Lipinski definition) is 0. The summed E-state index contributed by atoms with van der Waals surface area (Å²) in [7, 11) is 0. The van der Waals surface area contributed by atoms with E-state index in [0.29, 0.717) is 24.7 Å². The molecule has 0 spiro atoms. The number of rotatable bonds is 8. The van der Waals surface area contributed by atoms with E-state index in [-0.39, 0.29) is 18.8 Å². The van der Waals surface area contributed by atoms with E-state index in [1.54, 1.807) is 24.3 Å². The smallest absolute Gasteiger partial charge is 0.397 e. The Morgan fingerprint density at radius 2 is 1.79 bits per heavy atom. The monoisotopic (exact) mass is 340 g/mol. The molecule has 0 N–H and O–H groups in total. The fraction of sp³-hybridized carbons (Fsp3) is 0.600. The summed E-state index contributed by atoms with van der Waals surface area (Å²) in [5, 5.41) is 0. The Hall–Kier alpha value is -1.45. The molecule has 0 bridgehead atoms. The van der Waals surface area contributed by atoms with Crippen molar-refractivity contribution in [2.45, 2.75) is 58.0 Å². The number of hydrogen-bond acceptors (Lipinski definition) is 1. The third kappa shape index (κ3) is 6.58. The van der Waals surface area contributed by atoms with Gasteiger partial charge in [0.15, 0.2) is 0 Å². The van der Waals surface area contributed by atoms with Gasteiger partial charge in [-0.2, -0.15) is 8.78 Å². The van der Waals surface area contributed by atoms with Gasteiger partial charge in [0.05, 0.1) is 13.1 Å². The minimum absolute atomic E-state index is 0.215. The van der Waals surface area contributed by atoms with Crippen molar-refractivity contribution in [3.05, 3.63) is 42.0 Å². The Kier molecular flexibility index (Phi) is 7.19. The van der Waals surface area contributed by atoms with Crippen LogP contribution in [0.25, 0.3) is 0 Å². The molecule has 0 saturated heterocycles. The molecule has 1 aliphatic carbocycles. The second kappa shape index (κ2) is 9.14. The largest absolute Gasteiger partial charge is 0.433 e. The Morgan fingerprint density at radius 1 is 1.12 bits per heavy atom. The van der Waals surface area contributed by atoms with Crippen LogP contribution in [0.3, 0.4) is 0 Å². The van der Waals surface area contributed by atoms with E-state index in [0.717, 1.165) is 31.2 Å². The van der Waals surface area contributed by atoms with Crippen molar-refractivity contribution in [3.8, 4) is 5.75 Å². The highest BCUT2D eigenvalue weighted by atomic mass is 19.3. The van der Waals surface area contributed by atoms with Gasteiger partial charge in [-0.15, -0.1) is 0 Å². The van der Waals surface area contributed by atoms with Gasteiger partial charge in [-0.1, -0.05) is 29.8 Å². The lowest BCUT2D eigenvalue weighted by Gasteiger charge is -2.28. The number of benzene rings is 1. The van der Waals surface area contributed by atoms with Gasteiger partial charge in [-0.25, -0.2) is 0 Å². The average Bonchev–Trinajstić information content (AvgIpc) is 2.56. The van der Waals surface area contributed by atoms with Crippen LogP contribution in [0.4, 0.5) is 13.2 Å². The first kappa shape index (κ1) is 18.9. The van der Waals surface area contributed by atoms with Gasteiger partial charge in [0, 0.05) is 0 Å². The summed E-state index contributed by atoms with van der Waals surface area (Å²) in [5.41, 5.74) is 1.02. The zero-order chi connectivity index (χ0) is 17.4. The van der Waals surface area contributed by atoms with Gasteiger partial charge in [0.2, 0.25) is 0 Å². The highest BCUT2D eigenvalue weighted by Gasteiger charge is 2.33. The lowest BCUT2D eigenvalue weighted by atomic mass is 9.80. The van der Waals surface area contributed by atoms with Crippen LogP contribution >= 0.6 is 0 Å². The summed E-state index contributed by atoms with van der Waals surface area (Å²) in [6, 6.07) is 6.70. The van der Waals surface area contributed by atoms with Gasteiger partial charge < -0.3 is 4.74 Å². The molecule has 1 aromatic rings. The maximum absolute atomic E-state index is 14.0. The van der Waals surface area contributed by atoms with Crippen LogP contribution < -0.4 is 4.74 Å². The fourth-order valence-corrected chi connectivity index (χ4v) is 3.22. The fourth-order valence-electron chi connectivity index (χ4n) is 3.22. The van der Waals surface area contributed by atoms with Gasteiger partial charge in [-0.3, -0.25) is 4.39 Å². The van der Waals surface area contributed by atoms with E-state index >= 15 is 0 Å². The predicted molar refractivity (Wildman–Crippen MR) is 91.2 cm³/mol. The molecule has 134 valence electrons. The molecule has 0 heterocycles. The van der Waals surface area contributed by atoms with Gasteiger partial charge >= 0.3 is 6.11 Å². The molecule has 24 heavy (non-hydrogen) atoms. The highest BCUT2D eigenvalue weighted by molar-refractivity contribution is 5.26. The van der Waals surface area contributed by atoms with Crippen LogP contribution in [0.15, 0.2) is 36.4 Å². The van der Waals surface area contributed by atoms with E-state index in [2.05, 4.69) is 6.08 Å². The first-order valence-electron chi connectivity index (χ1n) is 8.84. The Labute approximate surface area is 142 Å². The Balaban J connectivity index is 1.71. The second-order valence-electron chi connectivity index (χ2n) is 6.78. The topological polar surface area (TPSA) is 9.23 Å². The number of ether oxygens (including phenoxy) is 1. The SMILES string of the molecule is Cc1ccc(OC(F)(F)CCC2CCC(C=CCCF)CC2)cc1. The number of aryl methyl sites for hydroxylation is 1. The molecule has 0 amide bonds. The molecule has 1 fully saturated rings. The molecular formula is C20H27F3O. The van der Waals surface area contributed by atoms with Crippen LogP contribution in [0.1, 0.15) is 50.5 Å². The third-order valence-corrected chi connectivity index (χ3v) is 4.71. The van der Waals surface area contributed by atoms with Crippen LogP contribution in [0.2, 0.25) is 0 Å². The van der Waals surface area contributed by atoms with Crippen molar-refractivity contribution < 1.29 is 17.9 Å².